The van der Waals surface area contributed by atoms with E-state index in [-0.39, 0.29) is 0 Å². The lowest BCUT2D eigenvalue weighted by atomic mass is 9.97. The van der Waals surface area contributed by atoms with Crippen LogP contribution in [-0.4, -0.2) is 7.11 Å². The Bertz CT molecular complexity index is 2930. The van der Waals surface area contributed by atoms with Gasteiger partial charge in [-0.15, -0.1) is 0 Å². The fraction of sp³-hybridized carbons (Fsp3) is 0.0323. The van der Waals surface area contributed by atoms with Crippen LogP contribution in [0.4, 0.5) is 28.4 Å². The van der Waals surface area contributed by atoms with E-state index in [0.29, 0.717) is 0 Å². The van der Waals surface area contributed by atoms with Crippen LogP contribution in [0.3, 0.4) is 0 Å². The van der Waals surface area contributed by atoms with E-state index in [1.807, 2.05) is 18.2 Å². The van der Waals surface area contributed by atoms with E-state index in [1.54, 1.807) is 7.11 Å². The van der Waals surface area contributed by atoms with Crippen LogP contribution in [0.5, 0.6) is 5.75 Å². The van der Waals surface area contributed by atoms with E-state index in [1.165, 1.54) is 61.2 Å². The molecule has 1 N–H and O–H groups in total. The minimum Gasteiger partial charge on any atom is -0.497 e. The summed E-state index contributed by atoms with van der Waals surface area (Å²) >= 11 is 0. The average Bonchev–Trinajstić information content (AvgIpc) is 3.39. The molecule has 10 aromatic rings. The van der Waals surface area contributed by atoms with Crippen molar-refractivity contribution in [3.8, 4) is 61.4 Å². The van der Waals surface area contributed by atoms with Crippen molar-refractivity contribution in [2.75, 3.05) is 17.3 Å². The maximum Gasteiger partial charge on any atom is 0.119 e. The Hall–Kier alpha value is -8.40. The molecule has 10 aromatic carbocycles. The molecular formula is C62H50N2O. The molecule has 0 bridgehead atoms. The number of benzene rings is 10. The molecule has 0 aliphatic carbocycles. The first kappa shape index (κ1) is 41.9. The summed E-state index contributed by atoms with van der Waals surface area (Å²) in [5, 5.41) is 3.55. The third kappa shape index (κ3) is 10.5. The molecule has 65 heavy (non-hydrogen) atoms. The van der Waals surface area contributed by atoms with Crippen LogP contribution in [0.15, 0.2) is 261 Å². The SMILES string of the molecule is COc1ccc(N(c2ccc(-c3ccccc3)cc2)c2cc(-c3ccccc3)cc(-c3ccccc3)c2)cc1.Cc1ccc(Nc2cc(-c3ccccc3)cc(-c3ccccc3)c2)cc1. The molecule has 3 heteroatoms. The largest absolute Gasteiger partial charge is 0.497 e. The predicted octanol–water partition coefficient (Wildman–Crippen LogP) is 17.2. The first-order valence-electron chi connectivity index (χ1n) is 22.0. The molecule has 3 nitrogen and oxygen atoms in total. The number of methoxy groups -OCH3 is 1. The van der Waals surface area contributed by atoms with E-state index < -0.39 is 0 Å². The van der Waals surface area contributed by atoms with Gasteiger partial charge in [-0.3, -0.25) is 0 Å². The normalized spacial score (nSPS) is 10.6. The quantitative estimate of drug-likeness (QED) is 0.140. The van der Waals surface area contributed by atoms with Gasteiger partial charge in [0, 0.05) is 28.4 Å². The van der Waals surface area contributed by atoms with Gasteiger partial charge < -0.3 is 15.0 Å². The molecule has 0 aliphatic heterocycles. The van der Waals surface area contributed by atoms with Gasteiger partial charge in [0.2, 0.25) is 0 Å². The molecule has 0 unspecified atom stereocenters. The topological polar surface area (TPSA) is 24.5 Å². The van der Waals surface area contributed by atoms with Crippen molar-refractivity contribution in [3.05, 3.63) is 266 Å². The number of nitrogens with one attached hydrogen (secondary N) is 1. The third-order valence-electron chi connectivity index (χ3n) is 11.4. The van der Waals surface area contributed by atoms with E-state index in [0.717, 1.165) is 34.2 Å². The molecule has 0 spiro atoms. The molecule has 0 saturated heterocycles. The van der Waals surface area contributed by atoms with Gasteiger partial charge in [0.05, 0.1) is 7.11 Å². The number of hydrogen-bond acceptors (Lipinski definition) is 3. The Morgan fingerprint density at radius 3 is 1.02 bits per heavy atom. The molecular weight excluding hydrogens is 789 g/mol. The van der Waals surface area contributed by atoms with Gasteiger partial charge in [-0.25, -0.2) is 0 Å². The van der Waals surface area contributed by atoms with Gasteiger partial charge in [-0.05, 0) is 147 Å². The predicted molar refractivity (Wildman–Crippen MR) is 276 cm³/mol. The van der Waals surface area contributed by atoms with E-state index in [2.05, 4.69) is 260 Å². The van der Waals surface area contributed by atoms with Crippen molar-refractivity contribution in [1.82, 2.24) is 0 Å². The van der Waals surface area contributed by atoms with Crippen molar-refractivity contribution >= 4 is 28.4 Å². The zero-order chi connectivity index (χ0) is 44.2. The maximum atomic E-state index is 5.46. The van der Waals surface area contributed by atoms with E-state index >= 15 is 0 Å². The first-order valence-corrected chi connectivity index (χ1v) is 22.0. The summed E-state index contributed by atoms with van der Waals surface area (Å²) in [6.45, 7) is 2.10. The van der Waals surface area contributed by atoms with Crippen LogP contribution in [0.25, 0.3) is 55.6 Å². The summed E-state index contributed by atoms with van der Waals surface area (Å²) in [4.78, 5) is 2.31. The molecule has 0 radical (unpaired) electrons. The number of ether oxygens (including phenoxy) is 1. The fourth-order valence-electron chi connectivity index (χ4n) is 8.04. The third-order valence-corrected chi connectivity index (χ3v) is 11.4. The van der Waals surface area contributed by atoms with Crippen molar-refractivity contribution < 1.29 is 4.74 Å². The maximum absolute atomic E-state index is 5.46. The van der Waals surface area contributed by atoms with Crippen LogP contribution in [0, 0.1) is 6.92 Å². The lowest BCUT2D eigenvalue weighted by Gasteiger charge is -2.27. The minimum atomic E-state index is 0.834. The van der Waals surface area contributed by atoms with Crippen molar-refractivity contribution in [1.29, 1.82) is 0 Å². The smallest absolute Gasteiger partial charge is 0.119 e. The Kier molecular flexibility index (Phi) is 13.0. The van der Waals surface area contributed by atoms with Crippen LogP contribution in [0.2, 0.25) is 0 Å². The number of aryl methyl sites for hydroxylation is 1. The highest BCUT2D eigenvalue weighted by Crippen LogP contribution is 2.41. The van der Waals surface area contributed by atoms with Gasteiger partial charge in [0.15, 0.2) is 0 Å². The van der Waals surface area contributed by atoms with Crippen LogP contribution < -0.4 is 15.0 Å². The monoisotopic (exact) mass is 838 g/mol. The van der Waals surface area contributed by atoms with E-state index in [4.69, 9.17) is 4.74 Å². The van der Waals surface area contributed by atoms with Gasteiger partial charge in [0.1, 0.15) is 5.75 Å². The zero-order valence-electron chi connectivity index (χ0n) is 36.7. The van der Waals surface area contributed by atoms with Gasteiger partial charge in [0.25, 0.3) is 0 Å². The molecule has 0 fully saturated rings. The van der Waals surface area contributed by atoms with Gasteiger partial charge >= 0.3 is 0 Å². The summed E-state index contributed by atoms with van der Waals surface area (Å²) in [5.41, 5.74) is 18.7. The van der Waals surface area contributed by atoms with Crippen LogP contribution >= 0.6 is 0 Å². The Labute approximate surface area is 383 Å². The number of nitrogens with zero attached hydrogens (tertiary/aromatic N) is 1. The van der Waals surface area contributed by atoms with Crippen LogP contribution in [-0.2, 0) is 0 Å². The number of hydrogen-bond donors (Lipinski definition) is 1. The van der Waals surface area contributed by atoms with Gasteiger partial charge in [-0.2, -0.15) is 0 Å². The number of anilines is 5. The molecule has 0 aliphatic rings. The molecule has 0 saturated carbocycles. The average molecular weight is 839 g/mol. The molecule has 0 amide bonds. The molecule has 0 atom stereocenters. The van der Waals surface area contributed by atoms with Gasteiger partial charge in [-0.1, -0.05) is 181 Å². The Morgan fingerprint density at radius 2 is 0.631 bits per heavy atom. The fourth-order valence-corrected chi connectivity index (χ4v) is 8.04. The highest BCUT2D eigenvalue weighted by Gasteiger charge is 2.16. The van der Waals surface area contributed by atoms with Crippen molar-refractivity contribution in [2.45, 2.75) is 6.92 Å². The Morgan fingerprint density at radius 1 is 0.292 bits per heavy atom. The highest BCUT2D eigenvalue weighted by molar-refractivity contribution is 5.86. The second-order valence-corrected chi connectivity index (χ2v) is 16.0. The second kappa shape index (κ2) is 20.2. The zero-order valence-corrected chi connectivity index (χ0v) is 36.7. The van der Waals surface area contributed by atoms with Crippen molar-refractivity contribution in [2.24, 2.45) is 0 Å². The first-order chi connectivity index (χ1) is 32.1. The molecule has 314 valence electrons. The summed E-state index contributed by atoms with van der Waals surface area (Å²) in [6.07, 6.45) is 0. The van der Waals surface area contributed by atoms with Crippen molar-refractivity contribution in [3.63, 3.8) is 0 Å². The molecule has 10 rings (SSSR count). The summed E-state index contributed by atoms with van der Waals surface area (Å²) < 4.78 is 5.46. The second-order valence-electron chi connectivity index (χ2n) is 16.0. The molecule has 0 heterocycles. The lowest BCUT2D eigenvalue weighted by molar-refractivity contribution is 0.415. The standard InChI is InChI=1S/C37H29NO.C25H21N/c1-39-37-23-21-35(22-24-37)38(34-19-17-31(18-20-34)28-11-5-2-6-12-28)36-26-32(29-13-7-3-8-14-29)25-33(27-36)30-15-9-4-10-16-30;1-19-12-14-24(15-13-19)26-25-17-22(20-8-4-2-5-9-20)16-23(18-25)21-10-6-3-7-11-21/h2-27H,1H3;2-18,26H,1H3. The summed E-state index contributed by atoms with van der Waals surface area (Å²) in [7, 11) is 1.70. The Balaban J connectivity index is 0.000000178. The van der Waals surface area contributed by atoms with Crippen LogP contribution in [0.1, 0.15) is 5.56 Å². The summed E-state index contributed by atoms with van der Waals surface area (Å²) in [5.74, 6) is 0.834. The highest BCUT2D eigenvalue weighted by atomic mass is 16.5. The van der Waals surface area contributed by atoms with E-state index in [9.17, 15) is 0 Å². The number of rotatable bonds is 11. The summed E-state index contributed by atoms with van der Waals surface area (Å²) in [6, 6.07) is 91.7. The minimum absolute atomic E-state index is 0.834. The molecule has 0 aromatic heterocycles. The lowest BCUT2D eigenvalue weighted by Crippen LogP contribution is -2.10.